The largest absolute Gasteiger partial charge is 0.324 e. The molecular formula is C10H16N2. The number of aryl methyl sites for hydroxylation is 2. The minimum atomic E-state index is 1.04. The highest BCUT2D eigenvalue weighted by Gasteiger charge is 1.99. The van der Waals surface area contributed by atoms with Crippen molar-refractivity contribution in [2.75, 3.05) is 5.43 Å². The van der Waals surface area contributed by atoms with Crippen molar-refractivity contribution in [3.05, 3.63) is 29.3 Å². The van der Waals surface area contributed by atoms with Gasteiger partial charge in [0.15, 0.2) is 0 Å². The normalized spacial score (nSPS) is 9.92. The van der Waals surface area contributed by atoms with Crippen molar-refractivity contribution in [3.63, 3.8) is 0 Å². The van der Waals surface area contributed by atoms with Gasteiger partial charge in [0.25, 0.3) is 0 Å². The first kappa shape index (κ1) is 9.07. The van der Waals surface area contributed by atoms with Gasteiger partial charge in [-0.15, -0.1) is 0 Å². The van der Waals surface area contributed by atoms with Gasteiger partial charge >= 0.3 is 0 Å². The van der Waals surface area contributed by atoms with Crippen molar-refractivity contribution in [2.45, 2.75) is 26.7 Å². The number of nitrogens with two attached hydrogens (primary N) is 1. The molecule has 0 spiro atoms. The van der Waals surface area contributed by atoms with Crippen molar-refractivity contribution < 1.29 is 0 Å². The van der Waals surface area contributed by atoms with E-state index in [0.717, 1.165) is 18.5 Å². The number of hydrazine groups is 1. The molecule has 0 saturated carbocycles. The first-order chi connectivity index (χ1) is 5.77. The molecule has 0 aromatic heterocycles. The van der Waals surface area contributed by atoms with Gasteiger partial charge in [0.05, 0.1) is 5.69 Å². The molecule has 0 fully saturated rings. The van der Waals surface area contributed by atoms with E-state index in [1.807, 2.05) is 6.07 Å². The highest BCUT2D eigenvalue weighted by molar-refractivity contribution is 5.51. The Labute approximate surface area is 73.8 Å². The SMILES string of the molecule is CCCc1cc(C)ccc1NN. The van der Waals surface area contributed by atoms with E-state index in [9.17, 15) is 0 Å². The summed E-state index contributed by atoms with van der Waals surface area (Å²) in [4.78, 5) is 0. The van der Waals surface area contributed by atoms with Crippen LogP contribution in [0.2, 0.25) is 0 Å². The van der Waals surface area contributed by atoms with Gasteiger partial charge in [0.2, 0.25) is 0 Å². The minimum absolute atomic E-state index is 1.04. The van der Waals surface area contributed by atoms with Crippen LogP contribution in [-0.4, -0.2) is 0 Å². The molecule has 0 aliphatic heterocycles. The van der Waals surface area contributed by atoms with Crippen molar-refractivity contribution in [1.29, 1.82) is 0 Å². The Morgan fingerprint density at radius 2 is 2.17 bits per heavy atom. The molecule has 0 heterocycles. The zero-order chi connectivity index (χ0) is 8.97. The molecule has 0 amide bonds. The van der Waals surface area contributed by atoms with Crippen molar-refractivity contribution in [1.82, 2.24) is 0 Å². The van der Waals surface area contributed by atoms with E-state index in [1.54, 1.807) is 0 Å². The number of anilines is 1. The monoisotopic (exact) mass is 164 g/mol. The highest BCUT2D eigenvalue weighted by Crippen LogP contribution is 2.17. The summed E-state index contributed by atoms with van der Waals surface area (Å²) in [5.74, 6) is 5.38. The molecule has 66 valence electrons. The third-order valence-corrected chi connectivity index (χ3v) is 1.94. The van der Waals surface area contributed by atoms with E-state index < -0.39 is 0 Å². The number of benzene rings is 1. The van der Waals surface area contributed by atoms with Crippen LogP contribution in [0.5, 0.6) is 0 Å². The Hall–Kier alpha value is -1.02. The Kier molecular flexibility index (Phi) is 3.11. The summed E-state index contributed by atoms with van der Waals surface area (Å²) in [7, 11) is 0. The Balaban J connectivity index is 2.95. The standard InChI is InChI=1S/C10H16N2/c1-3-4-9-7-8(2)5-6-10(9)12-11/h5-7,12H,3-4,11H2,1-2H3. The number of nitrogen functional groups attached to an aromatic ring is 1. The number of rotatable bonds is 3. The van der Waals surface area contributed by atoms with Crippen LogP contribution in [0, 0.1) is 6.92 Å². The van der Waals surface area contributed by atoms with E-state index >= 15 is 0 Å². The molecule has 2 heteroatoms. The molecule has 1 rings (SSSR count). The molecule has 3 N–H and O–H groups in total. The minimum Gasteiger partial charge on any atom is -0.324 e. The van der Waals surface area contributed by atoms with Gasteiger partial charge in [-0.3, -0.25) is 5.84 Å². The van der Waals surface area contributed by atoms with E-state index in [0.29, 0.717) is 0 Å². The van der Waals surface area contributed by atoms with E-state index in [4.69, 9.17) is 5.84 Å². The molecule has 0 unspecified atom stereocenters. The van der Waals surface area contributed by atoms with Crippen molar-refractivity contribution in [2.24, 2.45) is 5.84 Å². The second-order valence-electron chi connectivity index (χ2n) is 3.05. The molecule has 12 heavy (non-hydrogen) atoms. The van der Waals surface area contributed by atoms with Crippen LogP contribution in [0.1, 0.15) is 24.5 Å². The smallest absolute Gasteiger partial charge is 0.0517 e. The van der Waals surface area contributed by atoms with E-state index in [1.165, 1.54) is 11.1 Å². The average Bonchev–Trinajstić information content (AvgIpc) is 2.05. The maximum atomic E-state index is 5.38. The summed E-state index contributed by atoms with van der Waals surface area (Å²) < 4.78 is 0. The van der Waals surface area contributed by atoms with Gasteiger partial charge < -0.3 is 5.43 Å². The molecule has 0 radical (unpaired) electrons. The van der Waals surface area contributed by atoms with E-state index in [-0.39, 0.29) is 0 Å². The van der Waals surface area contributed by atoms with Crippen LogP contribution in [0.3, 0.4) is 0 Å². The van der Waals surface area contributed by atoms with Crippen LogP contribution in [0.25, 0.3) is 0 Å². The van der Waals surface area contributed by atoms with Gasteiger partial charge in [-0.25, -0.2) is 0 Å². The predicted octanol–water partition coefficient (Wildman–Crippen LogP) is 2.23. The fourth-order valence-corrected chi connectivity index (χ4v) is 1.34. The third kappa shape index (κ3) is 1.98. The topological polar surface area (TPSA) is 38.0 Å². The highest BCUT2D eigenvalue weighted by atomic mass is 15.2. The van der Waals surface area contributed by atoms with Gasteiger partial charge in [-0.1, -0.05) is 31.0 Å². The van der Waals surface area contributed by atoms with E-state index in [2.05, 4.69) is 31.4 Å². The summed E-state index contributed by atoms with van der Waals surface area (Å²) in [5.41, 5.74) is 6.35. The maximum Gasteiger partial charge on any atom is 0.0517 e. The van der Waals surface area contributed by atoms with Crippen LogP contribution in [-0.2, 0) is 6.42 Å². The molecule has 1 aromatic rings. The molecule has 0 aliphatic rings. The molecule has 1 aromatic carbocycles. The lowest BCUT2D eigenvalue weighted by molar-refractivity contribution is 0.920. The number of nitrogens with one attached hydrogen (secondary N) is 1. The van der Waals surface area contributed by atoms with Gasteiger partial charge in [0, 0.05) is 0 Å². The quantitative estimate of drug-likeness (QED) is 0.531. The summed E-state index contributed by atoms with van der Waals surface area (Å²) in [6, 6.07) is 6.27. The summed E-state index contributed by atoms with van der Waals surface area (Å²) in [5, 5.41) is 0. The lowest BCUT2D eigenvalue weighted by atomic mass is 10.1. The zero-order valence-electron chi connectivity index (χ0n) is 7.72. The fourth-order valence-electron chi connectivity index (χ4n) is 1.34. The fraction of sp³-hybridized carbons (Fsp3) is 0.400. The van der Waals surface area contributed by atoms with Crippen molar-refractivity contribution in [3.8, 4) is 0 Å². The Morgan fingerprint density at radius 3 is 2.75 bits per heavy atom. The maximum absolute atomic E-state index is 5.38. The molecule has 0 aliphatic carbocycles. The molecule has 0 saturated heterocycles. The molecular weight excluding hydrogens is 148 g/mol. The summed E-state index contributed by atoms with van der Waals surface area (Å²) >= 11 is 0. The second kappa shape index (κ2) is 4.12. The van der Waals surface area contributed by atoms with Crippen molar-refractivity contribution >= 4 is 5.69 Å². The van der Waals surface area contributed by atoms with Crippen LogP contribution in [0.4, 0.5) is 5.69 Å². The molecule has 2 nitrogen and oxygen atoms in total. The average molecular weight is 164 g/mol. The third-order valence-electron chi connectivity index (χ3n) is 1.94. The predicted molar refractivity (Wildman–Crippen MR) is 53.0 cm³/mol. The lowest BCUT2D eigenvalue weighted by Gasteiger charge is -2.08. The van der Waals surface area contributed by atoms with Gasteiger partial charge in [-0.05, 0) is 25.0 Å². The lowest BCUT2D eigenvalue weighted by Crippen LogP contribution is -2.09. The van der Waals surface area contributed by atoms with Crippen LogP contribution in [0.15, 0.2) is 18.2 Å². The number of hydrogen-bond donors (Lipinski definition) is 2. The summed E-state index contributed by atoms with van der Waals surface area (Å²) in [6.07, 6.45) is 2.24. The number of hydrogen-bond acceptors (Lipinski definition) is 2. The van der Waals surface area contributed by atoms with Crippen LogP contribution < -0.4 is 11.3 Å². The second-order valence-corrected chi connectivity index (χ2v) is 3.05. The van der Waals surface area contributed by atoms with Crippen LogP contribution >= 0.6 is 0 Å². The van der Waals surface area contributed by atoms with Gasteiger partial charge in [-0.2, -0.15) is 0 Å². The molecule has 0 atom stereocenters. The zero-order valence-corrected chi connectivity index (χ0v) is 7.72. The molecule has 0 bridgehead atoms. The first-order valence-corrected chi connectivity index (χ1v) is 4.34. The Bertz CT molecular complexity index is 256. The first-order valence-electron chi connectivity index (χ1n) is 4.34. The Morgan fingerprint density at radius 1 is 1.42 bits per heavy atom. The summed E-state index contributed by atoms with van der Waals surface area (Å²) in [6.45, 7) is 4.27. The van der Waals surface area contributed by atoms with Gasteiger partial charge in [0.1, 0.15) is 0 Å².